The molecule has 1 amide bonds. The van der Waals surface area contributed by atoms with Crippen LogP contribution in [0.15, 0.2) is 50.6 Å². The van der Waals surface area contributed by atoms with Gasteiger partial charge in [-0.15, -0.1) is 0 Å². The molecule has 0 fully saturated rings. The topological polar surface area (TPSA) is 54.6 Å². The predicted molar refractivity (Wildman–Crippen MR) is 67.9 cm³/mol. The summed E-state index contributed by atoms with van der Waals surface area (Å²) >= 11 is 3.15. The van der Waals surface area contributed by atoms with Crippen molar-refractivity contribution in [3.8, 4) is 0 Å². The van der Waals surface area contributed by atoms with Crippen molar-refractivity contribution in [2.24, 2.45) is 5.10 Å². The smallest absolute Gasteiger partial charge is 0.271 e. The van der Waals surface area contributed by atoms with Gasteiger partial charge >= 0.3 is 0 Å². The molecule has 92 valence electrons. The van der Waals surface area contributed by atoms with Crippen LogP contribution in [0, 0.1) is 5.82 Å². The van der Waals surface area contributed by atoms with Gasteiger partial charge in [0.25, 0.3) is 5.91 Å². The van der Waals surface area contributed by atoms with Crippen LogP contribution in [0.4, 0.5) is 4.39 Å². The molecule has 0 aliphatic rings. The molecule has 6 heteroatoms. The number of nitrogens with one attached hydrogen (secondary N) is 1. The van der Waals surface area contributed by atoms with Crippen LogP contribution in [0.3, 0.4) is 0 Å². The van der Waals surface area contributed by atoms with E-state index >= 15 is 0 Å². The molecule has 1 aromatic heterocycles. The van der Waals surface area contributed by atoms with Gasteiger partial charge in [0.1, 0.15) is 11.6 Å². The minimum Gasteiger partial charge on any atom is -0.448 e. The van der Waals surface area contributed by atoms with E-state index in [1.807, 2.05) is 0 Å². The number of hydrazone groups is 1. The van der Waals surface area contributed by atoms with Crippen molar-refractivity contribution in [2.45, 2.75) is 0 Å². The zero-order valence-corrected chi connectivity index (χ0v) is 10.6. The summed E-state index contributed by atoms with van der Waals surface area (Å²) < 4.78 is 18.4. The van der Waals surface area contributed by atoms with E-state index in [2.05, 4.69) is 26.5 Å². The van der Waals surface area contributed by atoms with Gasteiger partial charge in [-0.3, -0.25) is 4.79 Å². The average Bonchev–Trinajstić information content (AvgIpc) is 2.76. The van der Waals surface area contributed by atoms with Gasteiger partial charge in [0.15, 0.2) is 4.67 Å². The number of amides is 1. The maximum absolute atomic E-state index is 12.6. The van der Waals surface area contributed by atoms with E-state index in [-0.39, 0.29) is 0 Å². The SMILES string of the molecule is O=C(N/N=C/c1ccc(Br)o1)c1ccc(F)cc1. The van der Waals surface area contributed by atoms with Gasteiger partial charge in [-0.05, 0) is 52.3 Å². The molecule has 2 aromatic rings. The summed E-state index contributed by atoms with van der Waals surface area (Å²) in [6.45, 7) is 0. The van der Waals surface area contributed by atoms with Gasteiger partial charge in [-0.1, -0.05) is 0 Å². The van der Waals surface area contributed by atoms with E-state index in [0.29, 0.717) is 16.0 Å². The van der Waals surface area contributed by atoms with E-state index in [1.165, 1.54) is 30.5 Å². The highest BCUT2D eigenvalue weighted by molar-refractivity contribution is 9.10. The Balaban J connectivity index is 1.96. The largest absolute Gasteiger partial charge is 0.448 e. The minimum atomic E-state index is -0.420. The number of nitrogens with zero attached hydrogens (tertiary/aromatic N) is 1. The molecule has 18 heavy (non-hydrogen) atoms. The first-order chi connectivity index (χ1) is 8.65. The molecule has 4 nitrogen and oxygen atoms in total. The second-order valence-corrected chi connectivity index (χ2v) is 4.13. The average molecular weight is 311 g/mol. The highest BCUT2D eigenvalue weighted by atomic mass is 79.9. The van der Waals surface area contributed by atoms with Gasteiger partial charge in [-0.2, -0.15) is 5.10 Å². The van der Waals surface area contributed by atoms with Crippen molar-refractivity contribution < 1.29 is 13.6 Å². The molecule has 0 bridgehead atoms. The Bertz CT molecular complexity index is 578. The molecule has 0 radical (unpaired) electrons. The molecule has 1 heterocycles. The molecule has 2 rings (SSSR count). The monoisotopic (exact) mass is 310 g/mol. The Morgan fingerprint density at radius 2 is 2.00 bits per heavy atom. The number of halogens is 2. The first-order valence-electron chi connectivity index (χ1n) is 4.99. The highest BCUT2D eigenvalue weighted by Crippen LogP contribution is 2.12. The summed E-state index contributed by atoms with van der Waals surface area (Å²) in [4.78, 5) is 11.6. The van der Waals surface area contributed by atoms with Crippen LogP contribution in [-0.4, -0.2) is 12.1 Å². The minimum absolute atomic E-state index is 0.328. The van der Waals surface area contributed by atoms with Crippen LogP contribution < -0.4 is 5.43 Å². The summed E-state index contributed by atoms with van der Waals surface area (Å²) in [6.07, 6.45) is 1.37. The van der Waals surface area contributed by atoms with Gasteiger partial charge < -0.3 is 4.42 Å². The number of benzene rings is 1. The Labute approximate surface area is 111 Å². The molecule has 0 aliphatic carbocycles. The van der Waals surface area contributed by atoms with Crippen molar-refractivity contribution in [1.29, 1.82) is 0 Å². The number of carbonyl (C=O) groups excluding carboxylic acids is 1. The molecule has 0 saturated heterocycles. The Morgan fingerprint density at radius 3 is 2.61 bits per heavy atom. The molecule has 0 atom stereocenters. The zero-order valence-electron chi connectivity index (χ0n) is 9.06. The standard InChI is InChI=1S/C12H8BrFN2O2/c13-11-6-5-10(18-11)7-15-16-12(17)8-1-3-9(14)4-2-8/h1-7H,(H,16,17)/b15-7+. The third-order valence-corrected chi connectivity index (χ3v) is 2.48. The number of rotatable bonds is 3. The zero-order chi connectivity index (χ0) is 13.0. The normalized spacial score (nSPS) is 10.8. The van der Waals surface area contributed by atoms with Crippen molar-refractivity contribution in [2.75, 3.05) is 0 Å². The lowest BCUT2D eigenvalue weighted by Crippen LogP contribution is -2.17. The third-order valence-electron chi connectivity index (χ3n) is 2.06. The third kappa shape index (κ3) is 3.27. The number of furan rings is 1. The molecular weight excluding hydrogens is 303 g/mol. The van der Waals surface area contributed by atoms with E-state index in [1.54, 1.807) is 12.1 Å². The summed E-state index contributed by atoms with van der Waals surface area (Å²) in [6, 6.07) is 8.58. The van der Waals surface area contributed by atoms with E-state index < -0.39 is 11.7 Å². The second-order valence-electron chi connectivity index (χ2n) is 3.35. The predicted octanol–water partition coefficient (Wildman–Crippen LogP) is 2.95. The maximum atomic E-state index is 12.6. The molecule has 1 aromatic carbocycles. The summed E-state index contributed by atoms with van der Waals surface area (Å²) in [5.41, 5.74) is 2.64. The summed E-state index contributed by atoms with van der Waals surface area (Å²) in [7, 11) is 0. The van der Waals surface area contributed by atoms with Gasteiger partial charge in [-0.25, -0.2) is 9.82 Å². The quantitative estimate of drug-likeness (QED) is 0.700. The van der Waals surface area contributed by atoms with E-state index in [0.717, 1.165) is 0 Å². The Kier molecular flexibility index (Phi) is 3.88. The van der Waals surface area contributed by atoms with Crippen LogP contribution in [0.2, 0.25) is 0 Å². The Morgan fingerprint density at radius 1 is 1.28 bits per heavy atom. The van der Waals surface area contributed by atoms with Crippen molar-refractivity contribution >= 4 is 28.1 Å². The van der Waals surface area contributed by atoms with Crippen molar-refractivity contribution in [1.82, 2.24) is 5.43 Å². The van der Waals surface area contributed by atoms with Crippen LogP contribution in [0.25, 0.3) is 0 Å². The number of carbonyl (C=O) groups is 1. The van der Waals surface area contributed by atoms with Crippen LogP contribution in [0.1, 0.15) is 16.1 Å². The molecule has 0 spiro atoms. The lowest BCUT2D eigenvalue weighted by atomic mass is 10.2. The molecule has 1 N–H and O–H groups in total. The van der Waals surface area contributed by atoms with Crippen LogP contribution in [0.5, 0.6) is 0 Å². The molecule has 0 unspecified atom stereocenters. The van der Waals surface area contributed by atoms with Crippen molar-refractivity contribution in [3.05, 3.63) is 58.2 Å². The lowest BCUT2D eigenvalue weighted by Gasteiger charge is -1.98. The highest BCUT2D eigenvalue weighted by Gasteiger charge is 2.03. The summed E-state index contributed by atoms with van der Waals surface area (Å²) in [5, 5.41) is 3.72. The Hall–Kier alpha value is -1.95. The van der Waals surface area contributed by atoms with Gasteiger partial charge in [0.2, 0.25) is 0 Å². The fraction of sp³-hybridized carbons (Fsp3) is 0. The number of hydrogen-bond acceptors (Lipinski definition) is 3. The first-order valence-corrected chi connectivity index (χ1v) is 5.79. The van der Waals surface area contributed by atoms with E-state index in [9.17, 15) is 9.18 Å². The van der Waals surface area contributed by atoms with Crippen LogP contribution >= 0.6 is 15.9 Å². The molecule has 0 aliphatic heterocycles. The fourth-order valence-corrected chi connectivity index (χ4v) is 1.54. The summed E-state index contributed by atoms with van der Waals surface area (Å²) in [5.74, 6) is -0.311. The molecule has 0 saturated carbocycles. The van der Waals surface area contributed by atoms with Gasteiger partial charge in [0, 0.05) is 5.56 Å². The maximum Gasteiger partial charge on any atom is 0.271 e. The fourth-order valence-electron chi connectivity index (χ4n) is 1.22. The lowest BCUT2D eigenvalue weighted by molar-refractivity contribution is 0.0955. The van der Waals surface area contributed by atoms with E-state index in [4.69, 9.17) is 4.42 Å². The van der Waals surface area contributed by atoms with Crippen LogP contribution in [-0.2, 0) is 0 Å². The van der Waals surface area contributed by atoms with Gasteiger partial charge in [0.05, 0.1) is 6.21 Å². The second kappa shape index (κ2) is 5.59. The first kappa shape index (κ1) is 12.5. The number of hydrogen-bond donors (Lipinski definition) is 1. The van der Waals surface area contributed by atoms with Crippen molar-refractivity contribution in [3.63, 3.8) is 0 Å². The molecular formula is C12H8BrFN2O2.